The number of rotatable bonds is 2. The van der Waals surface area contributed by atoms with Gasteiger partial charge in [0, 0.05) is 10.2 Å². The van der Waals surface area contributed by atoms with E-state index in [9.17, 15) is 0 Å². The standard InChI is InChI=1S/C13H12BrN/c1-10-6-5-9-12(13(10)14)15-11-7-3-2-4-8-11/h2-9,15H,1H3. The SMILES string of the molecule is Cc1cccc(Nc2ccccc2)c1Br. The van der Waals surface area contributed by atoms with Gasteiger partial charge < -0.3 is 5.32 Å². The fourth-order valence-electron chi connectivity index (χ4n) is 1.42. The summed E-state index contributed by atoms with van der Waals surface area (Å²) in [6.45, 7) is 2.08. The molecular weight excluding hydrogens is 250 g/mol. The number of hydrogen-bond donors (Lipinski definition) is 1. The highest BCUT2D eigenvalue weighted by molar-refractivity contribution is 9.10. The van der Waals surface area contributed by atoms with Crippen LogP contribution in [-0.4, -0.2) is 0 Å². The first-order chi connectivity index (χ1) is 7.27. The van der Waals surface area contributed by atoms with Crippen LogP contribution in [0, 0.1) is 6.92 Å². The monoisotopic (exact) mass is 261 g/mol. The molecule has 15 heavy (non-hydrogen) atoms. The Morgan fingerprint density at radius 2 is 1.67 bits per heavy atom. The molecule has 0 aliphatic rings. The zero-order chi connectivity index (χ0) is 10.7. The molecule has 0 saturated carbocycles. The molecule has 0 heterocycles. The Hall–Kier alpha value is -1.28. The Morgan fingerprint density at radius 1 is 0.933 bits per heavy atom. The molecule has 2 aromatic carbocycles. The molecule has 0 saturated heterocycles. The molecule has 0 aromatic heterocycles. The molecule has 76 valence electrons. The Bertz CT molecular complexity index is 451. The molecule has 0 bridgehead atoms. The third-order valence-electron chi connectivity index (χ3n) is 2.24. The first-order valence-corrected chi connectivity index (χ1v) is 5.64. The van der Waals surface area contributed by atoms with Crippen LogP contribution in [0.25, 0.3) is 0 Å². The van der Waals surface area contributed by atoms with Crippen LogP contribution in [0.3, 0.4) is 0 Å². The van der Waals surface area contributed by atoms with Crippen molar-refractivity contribution in [3.05, 3.63) is 58.6 Å². The van der Waals surface area contributed by atoms with Crippen LogP contribution in [0.4, 0.5) is 11.4 Å². The fourth-order valence-corrected chi connectivity index (χ4v) is 1.78. The maximum atomic E-state index is 3.58. The van der Waals surface area contributed by atoms with Gasteiger partial charge in [0.15, 0.2) is 0 Å². The van der Waals surface area contributed by atoms with Crippen molar-refractivity contribution in [1.29, 1.82) is 0 Å². The zero-order valence-corrected chi connectivity index (χ0v) is 10.1. The molecule has 0 spiro atoms. The van der Waals surface area contributed by atoms with Gasteiger partial charge in [-0.3, -0.25) is 0 Å². The van der Waals surface area contributed by atoms with Crippen molar-refractivity contribution >= 4 is 27.3 Å². The van der Waals surface area contributed by atoms with Crippen LogP contribution >= 0.6 is 15.9 Å². The molecule has 2 heteroatoms. The van der Waals surface area contributed by atoms with E-state index in [1.54, 1.807) is 0 Å². The summed E-state index contributed by atoms with van der Waals surface area (Å²) in [5.74, 6) is 0. The number of aryl methyl sites for hydroxylation is 1. The summed E-state index contributed by atoms with van der Waals surface area (Å²) in [7, 11) is 0. The average molecular weight is 262 g/mol. The van der Waals surface area contributed by atoms with Crippen LogP contribution in [-0.2, 0) is 0 Å². The molecule has 0 fully saturated rings. The molecular formula is C13H12BrN. The molecule has 0 aliphatic heterocycles. The lowest BCUT2D eigenvalue weighted by atomic mass is 10.2. The van der Waals surface area contributed by atoms with Crippen molar-refractivity contribution in [1.82, 2.24) is 0 Å². The van der Waals surface area contributed by atoms with Crippen molar-refractivity contribution in [2.75, 3.05) is 5.32 Å². The lowest BCUT2D eigenvalue weighted by molar-refractivity contribution is 1.41. The van der Waals surface area contributed by atoms with Gasteiger partial charge in [-0.25, -0.2) is 0 Å². The molecule has 0 aliphatic carbocycles. The summed E-state index contributed by atoms with van der Waals surface area (Å²) in [4.78, 5) is 0. The van der Waals surface area contributed by atoms with E-state index in [1.807, 2.05) is 24.3 Å². The normalized spacial score (nSPS) is 10.0. The van der Waals surface area contributed by atoms with Gasteiger partial charge in [-0.05, 0) is 46.6 Å². The van der Waals surface area contributed by atoms with E-state index < -0.39 is 0 Å². The van der Waals surface area contributed by atoms with E-state index in [4.69, 9.17) is 0 Å². The second-order valence-electron chi connectivity index (χ2n) is 3.43. The van der Waals surface area contributed by atoms with E-state index in [0.29, 0.717) is 0 Å². The fraction of sp³-hybridized carbons (Fsp3) is 0.0769. The predicted molar refractivity (Wildman–Crippen MR) is 68.6 cm³/mol. The Balaban J connectivity index is 2.29. The van der Waals surface area contributed by atoms with Crippen molar-refractivity contribution < 1.29 is 0 Å². The molecule has 2 rings (SSSR count). The summed E-state index contributed by atoms with van der Waals surface area (Å²) in [5, 5.41) is 3.37. The lowest BCUT2D eigenvalue weighted by Gasteiger charge is -2.09. The Kier molecular flexibility index (Phi) is 3.07. The number of para-hydroxylation sites is 1. The Labute approximate surface area is 98.3 Å². The summed E-state index contributed by atoms with van der Waals surface area (Å²) < 4.78 is 1.12. The quantitative estimate of drug-likeness (QED) is 0.840. The molecule has 0 atom stereocenters. The second kappa shape index (κ2) is 4.49. The number of benzene rings is 2. The highest BCUT2D eigenvalue weighted by Gasteiger charge is 2.01. The molecule has 1 nitrogen and oxygen atoms in total. The minimum atomic E-state index is 1.10. The van der Waals surface area contributed by atoms with Crippen molar-refractivity contribution in [2.45, 2.75) is 6.92 Å². The predicted octanol–water partition coefficient (Wildman–Crippen LogP) is 4.50. The highest BCUT2D eigenvalue weighted by Crippen LogP contribution is 2.28. The number of anilines is 2. The van der Waals surface area contributed by atoms with Gasteiger partial charge in [-0.15, -0.1) is 0 Å². The van der Waals surface area contributed by atoms with E-state index >= 15 is 0 Å². The van der Waals surface area contributed by atoms with Gasteiger partial charge >= 0.3 is 0 Å². The van der Waals surface area contributed by atoms with Gasteiger partial charge in [-0.1, -0.05) is 30.3 Å². The summed E-state index contributed by atoms with van der Waals surface area (Å²) in [6, 6.07) is 16.3. The summed E-state index contributed by atoms with van der Waals surface area (Å²) >= 11 is 3.58. The summed E-state index contributed by atoms with van der Waals surface area (Å²) in [6.07, 6.45) is 0. The third kappa shape index (κ3) is 2.39. The van der Waals surface area contributed by atoms with Gasteiger partial charge in [0.1, 0.15) is 0 Å². The first kappa shape index (κ1) is 10.2. The van der Waals surface area contributed by atoms with Crippen molar-refractivity contribution in [2.24, 2.45) is 0 Å². The lowest BCUT2D eigenvalue weighted by Crippen LogP contribution is -1.91. The van der Waals surface area contributed by atoms with Gasteiger partial charge in [0.05, 0.1) is 5.69 Å². The van der Waals surface area contributed by atoms with E-state index in [-0.39, 0.29) is 0 Å². The van der Waals surface area contributed by atoms with Crippen molar-refractivity contribution in [3.63, 3.8) is 0 Å². The third-order valence-corrected chi connectivity index (χ3v) is 3.30. The van der Waals surface area contributed by atoms with Gasteiger partial charge in [-0.2, -0.15) is 0 Å². The van der Waals surface area contributed by atoms with Crippen LogP contribution in [0.5, 0.6) is 0 Å². The topological polar surface area (TPSA) is 12.0 Å². The second-order valence-corrected chi connectivity index (χ2v) is 4.22. The molecule has 1 N–H and O–H groups in total. The maximum Gasteiger partial charge on any atom is 0.0531 e. The molecule has 2 aromatic rings. The van der Waals surface area contributed by atoms with E-state index in [0.717, 1.165) is 15.8 Å². The summed E-state index contributed by atoms with van der Waals surface area (Å²) in [5.41, 5.74) is 3.43. The van der Waals surface area contributed by atoms with E-state index in [2.05, 4.69) is 52.4 Å². The Morgan fingerprint density at radius 3 is 2.40 bits per heavy atom. The maximum absolute atomic E-state index is 3.58. The minimum absolute atomic E-state index is 1.10. The highest BCUT2D eigenvalue weighted by atomic mass is 79.9. The number of halogens is 1. The smallest absolute Gasteiger partial charge is 0.0531 e. The molecule has 0 radical (unpaired) electrons. The van der Waals surface area contributed by atoms with Crippen LogP contribution < -0.4 is 5.32 Å². The van der Waals surface area contributed by atoms with Gasteiger partial charge in [0.25, 0.3) is 0 Å². The largest absolute Gasteiger partial charge is 0.355 e. The minimum Gasteiger partial charge on any atom is -0.355 e. The first-order valence-electron chi connectivity index (χ1n) is 4.84. The van der Waals surface area contributed by atoms with Gasteiger partial charge in [0.2, 0.25) is 0 Å². The van der Waals surface area contributed by atoms with E-state index in [1.165, 1.54) is 5.56 Å². The zero-order valence-electron chi connectivity index (χ0n) is 8.50. The van der Waals surface area contributed by atoms with Crippen LogP contribution in [0.15, 0.2) is 53.0 Å². The number of hydrogen-bond acceptors (Lipinski definition) is 1. The number of nitrogens with one attached hydrogen (secondary N) is 1. The molecule has 0 unspecified atom stereocenters. The van der Waals surface area contributed by atoms with Crippen LogP contribution in [0.1, 0.15) is 5.56 Å². The van der Waals surface area contributed by atoms with Crippen LogP contribution in [0.2, 0.25) is 0 Å². The van der Waals surface area contributed by atoms with Crippen molar-refractivity contribution in [3.8, 4) is 0 Å². The average Bonchev–Trinajstić information content (AvgIpc) is 2.26. The molecule has 0 amide bonds.